The van der Waals surface area contributed by atoms with Gasteiger partial charge in [0.05, 0.1) is 15.7 Å². The van der Waals surface area contributed by atoms with E-state index in [9.17, 15) is 9.59 Å². The number of halogens is 1. The summed E-state index contributed by atoms with van der Waals surface area (Å²) in [5, 5.41) is 5.19. The summed E-state index contributed by atoms with van der Waals surface area (Å²) in [5.41, 5.74) is 1.26. The molecule has 0 aliphatic heterocycles. The van der Waals surface area contributed by atoms with Gasteiger partial charge in [0.1, 0.15) is 0 Å². The fraction of sp³-hybridized carbons (Fsp3) is 0.0526. The molecular weight excluding hydrogens is 374 g/mol. The van der Waals surface area contributed by atoms with E-state index >= 15 is 0 Å². The molecule has 0 saturated carbocycles. The SMILES string of the molecule is O=C(Nc1ccc(SCC(=O)c2ccccc2Cl)cc1)c1cccs1. The summed E-state index contributed by atoms with van der Waals surface area (Å²) in [6.45, 7) is 0. The third-order valence-electron chi connectivity index (χ3n) is 3.40. The fourth-order valence-corrected chi connectivity index (χ4v) is 3.79. The van der Waals surface area contributed by atoms with Crippen molar-refractivity contribution in [3.8, 4) is 0 Å². The van der Waals surface area contributed by atoms with Crippen molar-refractivity contribution in [1.29, 1.82) is 0 Å². The third-order valence-corrected chi connectivity index (χ3v) is 5.61. The lowest BCUT2D eigenvalue weighted by atomic mass is 10.1. The molecule has 3 nitrogen and oxygen atoms in total. The number of nitrogens with one attached hydrogen (secondary N) is 1. The van der Waals surface area contributed by atoms with Gasteiger partial charge in [-0.3, -0.25) is 9.59 Å². The molecule has 126 valence electrons. The van der Waals surface area contributed by atoms with Crippen LogP contribution in [0.1, 0.15) is 20.0 Å². The maximum Gasteiger partial charge on any atom is 0.265 e. The predicted octanol–water partition coefficient (Wildman–Crippen LogP) is 5.63. The van der Waals surface area contributed by atoms with Crippen LogP contribution in [0.5, 0.6) is 0 Å². The van der Waals surface area contributed by atoms with Gasteiger partial charge in [0, 0.05) is 16.1 Å². The molecule has 0 spiro atoms. The standard InChI is InChI=1S/C19H14ClNO2S2/c20-16-5-2-1-4-15(16)17(22)12-25-14-9-7-13(8-10-14)21-19(23)18-6-3-11-24-18/h1-11H,12H2,(H,21,23). The number of hydrogen-bond donors (Lipinski definition) is 1. The van der Waals surface area contributed by atoms with Gasteiger partial charge in [-0.2, -0.15) is 0 Å². The van der Waals surface area contributed by atoms with Crippen molar-refractivity contribution < 1.29 is 9.59 Å². The van der Waals surface area contributed by atoms with E-state index in [1.165, 1.54) is 23.1 Å². The van der Waals surface area contributed by atoms with Crippen LogP contribution in [0.25, 0.3) is 0 Å². The van der Waals surface area contributed by atoms with Crippen molar-refractivity contribution in [2.24, 2.45) is 0 Å². The van der Waals surface area contributed by atoms with Crippen molar-refractivity contribution in [3.63, 3.8) is 0 Å². The Morgan fingerprint density at radius 1 is 1.00 bits per heavy atom. The molecular formula is C19H14ClNO2S2. The lowest BCUT2D eigenvalue weighted by Gasteiger charge is -2.06. The number of Topliss-reactive ketones (excluding diaryl/α,β-unsaturated/α-hetero) is 1. The van der Waals surface area contributed by atoms with Crippen LogP contribution in [0.15, 0.2) is 70.9 Å². The van der Waals surface area contributed by atoms with Gasteiger partial charge >= 0.3 is 0 Å². The Hall–Kier alpha value is -2.08. The monoisotopic (exact) mass is 387 g/mol. The van der Waals surface area contributed by atoms with Gasteiger partial charge in [-0.05, 0) is 47.8 Å². The molecule has 0 aliphatic rings. The summed E-state index contributed by atoms with van der Waals surface area (Å²) in [6, 6.07) is 18.1. The van der Waals surface area contributed by atoms with Crippen molar-refractivity contribution in [2.75, 3.05) is 11.1 Å². The van der Waals surface area contributed by atoms with Gasteiger partial charge < -0.3 is 5.32 Å². The second kappa shape index (κ2) is 8.34. The zero-order valence-electron chi connectivity index (χ0n) is 13.1. The maximum absolute atomic E-state index is 12.2. The smallest absolute Gasteiger partial charge is 0.265 e. The first-order valence-corrected chi connectivity index (χ1v) is 9.73. The number of thioether (sulfide) groups is 1. The summed E-state index contributed by atoms with van der Waals surface area (Å²) in [4.78, 5) is 25.8. The zero-order chi connectivity index (χ0) is 17.6. The highest BCUT2D eigenvalue weighted by Crippen LogP contribution is 2.24. The molecule has 0 aliphatic carbocycles. The fourth-order valence-electron chi connectivity index (χ4n) is 2.15. The lowest BCUT2D eigenvalue weighted by molar-refractivity contribution is 0.101. The van der Waals surface area contributed by atoms with Crippen molar-refractivity contribution in [3.05, 3.63) is 81.5 Å². The average Bonchev–Trinajstić information content (AvgIpc) is 3.16. The molecule has 25 heavy (non-hydrogen) atoms. The molecule has 0 saturated heterocycles. The highest BCUT2D eigenvalue weighted by molar-refractivity contribution is 8.00. The van der Waals surface area contributed by atoms with Gasteiger partial charge in [-0.25, -0.2) is 0 Å². The van der Waals surface area contributed by atoms with Crippen LogP contribution in [0.4, 0.5) is 5.69 Å². The summed E-state index contributed by atoms with van der Waals surface area (Å²) < 4.78 is 0. The number of rotatable bonds is 6. The molecule has 0 bridgehead atoms. The maximum atomic E-state index is 12.2. The highest BCUT2D eigenvalue weighted by atomic mass is 35.5. The average molecular weight is 388 g/mol. The van der Waals surface area contributed by atoms with E-state index < -0.39 is 0 Å². The number of anilines is 1. The normalized spacial score (nSPS) is 10.4. The molecule has 1 amide bonds. The minimum absolute atomic E-state index is 0.00863. The number of carbonyl (C=O) groups is 2. The van der Waals surface area contributed by atoms with Crippen molar-refractivity contribution in [2.45, 2.75) is 4.90 Å². The molecule has 3 rings (SSSR count). The third kappa shape index (κ3) is 4.72. The molecule has 0 atom stereocenters. The van der Waals surface area contributed by atoms with E-state index in [0.29, 0.717) is 21.2 Å². The molecule has 3 aromatic rings. The van der Waals surface area contributed by atoms with Crippen molar-refractivity contribution in [1.82, 2.24) is 0 Å². The minimum atomic E-state index is -0.121. The predicted molar refractivity (Wildman–Crippen MR) is 105 cm³/mol. The molecule has 1 N–H and O–H groups in total. The Balaban J connectivity index is 1.57. The minimum Gasteiger partial charge on any atom is -0.321 e. The number of ketones is 1. The Morgan fingerprint density at radius 3 is 2.44 bits per heavy atom. The second-order valence-corrected chi connectivity index (χ2v) is 7.55. The summed E-state index contributed by atoms with van der Waals surface area (Å²) >= 11 is 8.88. The van der Waals surface area contributed by atoms with Gasteiger partial charge in [-0.15, -0.1) is 23.1 Å². The number of thiophene rings is 1. The Bertz CT molecular complexity index is 877. The van der Waals surface area contributed by atoms with Gasteiger partial charge in [-0.1, -0.05) is 29.8 Å². The van der Waals surface area contributed by atoms with Gasteiger partial charge in [0.25, 0.3) is 5.91 Å². The molecule has 6 heteroatoms. The quantitative estimate of drug-likeness (QED) is 0.440. The van der Waals surface area contributed by atoms with Crippen LogP contribution in [-0.4, -0.2) is 17.4 Å². The summed E-state index contributed by atoms with van der Waals surface area (Å²) in [5.74, 6) is 0.181. The first-order chi connectivity index (χ1) is 12.1. The molecule has 2 aromatic carbocycles. The molecule has 0 unspecified atom stereocenters. The number of amides is 1. The van der Waals surface area contributed by atoms with Crippen LogP contribution in [0.3, 0.4) is 0 Å². The molecule has 1 aromatic heterocycles. The van der Waals surface area contributed by atoms with Crippen LogP contribution in [-0.2, 0) is 0 Å². The summed E-state index contributed by atoms with van der Waals surface area (Å²) in [7, 11) is 0. The van der Waals surface area contributed by atoms with Crippen molar-refractivity contribution >= 4 is 52.1 Å². The zero-order valence-corrected chi connectivity index (χ0v) is 15.5. The first-order valence-electron chi connectivity index (χ1n) is 7.49. The van der Waals surface area contributed by atoms with Crippen LogP contribution in [0.2, 0.25) is 5.02 Å². The van der Waals surface area contributed by atoms with E-state index in [2.05, 4.69) is 5.32 Å². The van der Waals surface area contributed by atoms with Gasteiger partial charge in [0.2, 0.25) is 0 Å². The van der Waals surface area contributed by atoms with E-state index in [1.807, 2.05) is 35.7 Å². The number of benzene rings is 2. The molecule has 0 fully saturated rings. The largest absolute Gasteiger partial charge is 0.321 e. The Kier molecular flexibility index (Phi) is 5.91. The number of hydrogen-bond acceptors (Lipinski definition) is 4. The lowest BCUT2D eigenvalue weighted by Crippen LogP contribution is -2.09. The topological polar surface area (TPSA) is 46.2 Å². The highest BCUT2D eigenvalue weighted by Gasteiger charge is 2.10. The van der Waals surface area contributed by atoms with Gasteiger partial charge in [0.15, 0.2) is 5.78 Å². The second-order valence-electron chi connectivity index (χ2n) is 5.15. The van der Waals surface area contributed by atoms with E-state index in [0.717, 1.165) is 10.6 Å². The molecule has 1 heterocycles. The number of carbonyl (C=O) groups excluding carboxylic acids is 2. The van der Waals surface area contributed by atoms with Crippen LogP contribution in [0, 0.1) is 0 Å². The van der Waals surface area contributed by atoms with E-state index in [4.69, 9.17) is 11.6 Å². The Morgan fingerprint density at radius 2 is 1.76 bits per heavy atom. The van der Waals surface area contributed by atoms with Crippen LogP contribution >= 0.6 is 34.7 Å². The van der Waals surface area contributed by atoms with E-state index in [-0.39, 0.29) is 11.7 Å². The van der Waals surface area contributed by atoms with Crippen LogP contribution < -0.4 is 5.32 Å². The van der Waals surface area contributed by atoms with E-state index in [1.54, 1.807) is 30.3 Å². The first kappa shape index (κ1) is 17.7. The summed E-state index contributed by atoms with van der Waals surface area (Å²) in [6.07, 6.45) is 0. The molecule has 0 radical (unpaired) electrons. The Labute approximate surface area is 159 Å².